The highest BCUT2D eigenvalue weighted by molar-refractivity contribution is 6.33. The molecule has 0 fully saturated rings. The molecule has 0 amide bonds. The van der Waals surface area contributed by atoms with Gasteiger partial charge in [0.25, 0.3) is 0 Å². The lowest BCUT2D eigenvalue weighted by Gasteiger charge is -2.04. The van der Waals surface area contributed by atoms with Gasteiger partial charge in [-0.15, -0.1) is 0 Å². The molecule has 1 aromatic heterocycles. The predicted octanol–water partition coefficient (Wildman–Crippen LogP) is 2.95. The van der Waals surface area contributed by atoms with E-state index in [0.29, 0.717) is 16.7 Å². The molecular weight excluding hydrogens is 205 g/mol. The Labute approximate surface area is 84.9 Å². The zero-order chi connectivity index (χ0) is 9.97. The Hall–Kier alpha value is -1.55. The molecule has 0 aliphatic carbocycles. The normalized spacial score (nSPS) is 10.1. The van der Waals surface area contributed by atoms with Crippen molar-refractivity contribution >= 4 is 23.2 Å². The summed E-state index contributed by atoms with van der Waals surface area (Å²) in [7, 11) is 0. The number of nitrogens with one attached hydrogen (secondary N) is 2. The van der Waals surface area contributed by atoms with Gasteiger partial charge in [-0.1, -0.05) is 11.6 Å². The van der Waals surface area contributed by atoms with E-state index in [9.17, 15) is 4.39 Å². The highest BCUT2D eigenvalue weighted by Crippen LogP contribution is 2.24. The molecule has 2 rings (SSSR count). The molecule has 14 heavy (non-hydrogen) atoms. The zero-order valence-electron chi connectivity index (χ0n) is 7.09. The number of aromatic amines is 1. The van der Waals surface area contributed by atoms with Crippen molar-refractivity contribution < 1.29 is 4.39 Å². The lowest BCUT2D eigenvalue weighted by Crippen LogP contribution is -1.93. The third kappa shape index (κ3) is 1.85. The summed E-state index contributed by atoms with van der Waals surface area (Å²) in [5.74, 6) is 0.181. The number of benzene rings is 1. The van der Waals surface area contributed by atoms with Gasteiger partial charge in [0.05, 0.1) is 10.7 Å². The van der Waals surface area contributed by atoms with Crippen molar-refractivity contribution in [2.75, 3.05) is 5.32 Å². The molecule has 0 radical (unpaired) electrons. The van der Waals surface area contributed by atoms with Crippen LogP contribution < -0.4 is 5.32 Å². The number of aromatic nitrogens is 2. The van der Waals surface area contributed by atoms with Gasteiger partial charge in [0.2, 0.25) is 5.95 Å². The molecule has 0 saturated heterocycles. The number of hydrogen-bond acceptors (Lipinski definition) is 2. The molecule has 0 bridgehead atoms. The van der Waals surface area contributed by atoms with Crippen LogP contribution in [0, 0.1) is 5.82 Å². The standard InChI is InChI=1S/C9H7ClFN3/c10-7-2-1-6(11)5-8(7)14-9-12-3-4-13-9/h1-5H,(H2,12,13,14). The van der Waals surface area contributed by atoms with Crippen molar-refractivity contribution in [3.63, 3.8) is 0 Å². The van der Waals surface area contributed by atoms with E-state index >= 15 is 0 Å². The van der Waals surface area contributed by atoms with E-state index in [4.69, 9.17) is 11.6 Å². The number of imidazole rings is 1. The Balaban J connectivity index is 2.28. The summed E-state index contributed by atoms with van der Waals surface area (Å²) in [4.78, 5) is 6.76. The Morgan fingerprint density at radius 2 is 2.29 bits per heavy atom. The van der Waals surface area contributed by atoms with E-state index in [1.54, 1.807) is 12.4 Å². The summed E-state index contributed by atoms with van der Waals surface area (Å²) >= 11 is 5.84. The molecule has 1 aromatic carbocycles. The smallest absolute Gasteiger partial charge is 0.204 e. The van der Waals surface area contributed by atoms with Gasteiger partial charge < -0.3 is 10.3 Å². The maximum Gasteiger partial charge on any atom is 0.204 e. The van der Waals surface area contributed by atoms with Gasteiger partial charge in [-0.2, -0.15) is 0 Å². The lowest BCUT2D eigenvalue weighted by molar-refractivity contribution is 0.628. The van der Waals surface area contributed by atoms with E-state index in [1.807, 2.05) is 0 Å². The molecule has 72 valence electrons. The van der Waals surface area contributed by atoms with Crippen molar-refractivity contribution in [1.29, 1.82) is 0 Å². The number of rotatable bonds is 2. The van der Waals surface area contributed by atoms with E-state index in [-0.39, 0.29) is 5.82 Å². The van der Waals surface area contributed by atoms with Gasteiger partial charge in [0.1, 0.15) is 5.82 Å². The van der Waals surface area contributed by atoms with Crippen molar-refractivity contribution in [3.05, 3.63) is 41.4 Å². The van der Waals surface area contributed by atoms with E-state index in [2.05, 4.69) is 15.3 Å². The van der Waals surface area contributed by atoms with Gasteiger partial charge in [0, 0.05) is 12.4 Å². The summed E-state index contributed by atoms with van der Waals surface area (Å²) in [5, 5.41) is 3.30. The second-order valence-corrected chi connectivity index (χ2v) is 3.09. The van der Waals surface area contributed by atoms with Crippen LogP contribution in [0.15, 0.2) is 30.6 Å². The Morgan fingerprint density at radius 1 is 1.43 bits per heavy atom. The average Bonchev–Trinajstić information content (AvgIpc) is 2.64. The predicted molar refractivity (Wildman–Crippen MR) is 53.3 cm³/mol. The van der Waals surface area contributed by atoms with Crippen LogP contribution in [0.5, 0.6) is 0 Å². The first-order valence-corrected chi connectivity index (χ1v) is 4.35. The van der Waals surface area contributed by atoms with E-state index < -0.39 is 0 Å². The topological polar surface area (TPSA) is 40.7 Å². The van der Waals surface area contributed by atoms with Crippen LogP contribution in [0.3, 0.4) is 0 Å². The first-order valence-electron chi connectivity index (χ1n) is 3.97. The van der Waals surface area contributed by atoms with Crippen molar-refractivity contribution in [2.45, 2.75) is 0 Å². The molecule has 3 nitrogen and oxygen atoms in total. The Morgan fingerprint density at radius 3 is 3.00 bits per heavy atom. The minimum absolute atomic E-state index is 0.344. The molecule has 0 unspecified atom stereocenters. The third-order valence-electron chi connectivity index (χ3n) is 1.68. The van der Waals surface area contributed by atoms with Crippen LogP contribution in [0.4, 0.5) is 16.0 Å². The molecule has 5 heteroatoms. The highest BCUT2D eigenvalue weighted by atomic mass is 35.5. The van der Waals surface area contributed by atoms with Crippen molar-refractivity contribution in [2.24, 2.45) is 0 Å². The summed E-state index contributed by atoms with van der Waals surface area (Å²) in [6.45, 7) is 0. The fourth-order valence-electron chi connectivity index (χ4n) is 1.05. The number of halogens is 2. The van der Waals surface area contributed by atoms with Gasteiger partial charge in [-0.25, -0.2) is 9.37 Å². The first-order chi connectivity index (χ1) is 6.75. The van der Waals surface area contributed by atoms with Crippen LogP contribution in [0.1, 0.15) is 0 Å². The van der Waals surface area contributed by atoms with Crippen LogP contribution >= 0.6 is 11.6 Å². The maximum absolute atomic E-state index is 12.8. The zero-order valence-corrected chi connectivity index (χ0v) is 7.85. The summed E-state index contributed by atoms with van der Waals surface area (Å²) in [6.07, 6.45) is 3.26. The lowest BCUT2D eigenvalue weighted by atomic mass is 10.3. The van der Waals surface area contributed by atoms with Crippen LogP contribution in [0.2, 0.25) is 5.02 Å². The molecule has 2 aromatic rings. The summed E-state index contributed by atoms with van der Waals surface area (Å²) < 4.78 is 12.8. The van der Waals surface area contributed by atoms with Gasteiger partial charge in [-0.05, 0) is 18.2 Å². The number of anilines is 2. The van der Waals surface area contributed by atoms with Crippen molar-refractivity contribution in [1.82, 2.24) is 9.97 Å². The first kappa shape index (κ1) is 9.02. The molecule has 0 aliphatic heterocycles. The summed E-state index contributed by atoms with van der Waals surface area (Å²) in [6, 6.07) is 4.10. The molecule has 1 heterocycles. The van der Waals surface area contributed by atoms with Crippen LogP contribution in [-0.2, 0) is 0 Å². The summed E-state index contributed by atoms with van der Waals surface area (Å²) in [5.41, 5.74) is 0.488. The van der Waals surface area contributed by atoms with Crippen molar-refractivity contribution in [3.8, 4) is 0 Å². The monoisotopic (exact) mass is 211 g/mol. The molecule has 2 N–H and O–H groups in total. The minimum Gasteiger partial charge on any atom is -0.331 e. The second kappa shape index (κ2) is 3.67. The van der Waals surface area contributed by atoms with E-state index in [0.717, 1.165) is 0 Å². The molecule has 0 spiro atoms. The average molecular weight is 212 g/mol. The Kier molecular flexibility index (Phi) is 2.37. The second-order valence-electron chi connectivity index (χ2n) is 2.69. The van der Waals surface area contributed by atoms with Gasteiger partial charge in [-0.3, -0.25) is 0 Å². The highest BCUT2D eigenvalue weighted by Gasteiger charge is 2.02. The fraction of sp³-hybridized carbons (Fsp3) is 0. The Bertz CT molecular complexity index is 428. The maximum atomic E-state index is 12.8. The number of nitrogens with zero attached hydrogens (tertiary/aromatic N) is 1. The molecule has 0 aliphatic rings. The number of hydrogen-bond donors (Lipinski definition) is 2. The number of H-pyrrole nitrogens is 1. The van der Waals surface area contributed by atoms with Gasteiger partial charge in [0.15, 0.2) is 0 Å². The fourth-order valence-corrected chi connectivity index (χ4v) is 1.22. The molecule has 0 saturated carbocycles. The van der Waals surface area contributed by atoms with Crippen LogP contribution in [-0.4, -0.2) is 9.97 Å². The SMILES string of the molecule is Fc1ccc(Cl)c(Nc2ncc[nH]2)c1. The largest absolute Gasteiger partial charge is 0.331 e. The minimum atomic E-state index is -0.344. The molecular formula is C9H7ClFN3. The quantitative estimate of drug-likeness (QED) is 0.802. The third-order valence-corrected chi connectivity index (χ3v) is 2.01. The van der Waals surface area contributed by atoms with E-state index in [1.165, 1.54) is 18.2 Å². The van der Waals surface area contributed by atoms with Gasteiger partial charge >= 0.3 is 0 Å². The van der Waals surface area contributed by atoms with Crippen LogP contribution in [0.25, 0.3) is 0 Å². The molecule has 0 atom stereocenters.